The van der Waals surface area contributed by atoms with Crippen molar-refractivity contribution in [2.75, 3.05) is 5.32 Å². The minimum absolute atomic E-state index is 0.252. The Morgan fingerprint density at radius 2 is 2.18 bits per heavy atom. The first kappa shape index (κ1) is 11.5. The Kier molecular flexibility index (Phi) is 3.31. The fourth-order valence-corrected chi connectivity index (χ4v) is 1.55. The number of furan rings is 1. The van der Waals surface area contributed by atoms with Crippen LogP contribution in [0.4, 0.5) is 10.1 Å². The lowest BCUT2D eigenvalue weighted by Gasteiger charge is -2.06. The summed E-state index contributed by atoms with van der Waals surface area (Å²) in [5.74, 6) is 0.205. The maximum atomic E-state index is 12.9. The molecule has 0 aliphatic heterocycles. The van der Waals surface area contributed by atoms with Crippen LogP contribution >= 0.6 is 11.6 Å². The summed E-state index contributed by atoms with van der Waals surface area (Å²) in [7, 11) is 0. The minimum Gasteiger partial charge on any atom is -0.448 e. The summed E-state index contributed by atoms with van der Waals surface area (Å²) >= 11 is 5.63. The number of rotatable bonds is 3. The molecule has 86 valence electrons. The molecule has 0 aliphatic rings. The largest absolute Gasteiger partial charge is 0.448 e. The molecule has 0 unspecified atom stereocenters. The van der Waals surface area contributed by atoms with Crippen molar-refractivity contribution < 1.29 is 8.81 Å². The first-order valence-electron chi connectivity index (χ1n) is 4.87. The van der Waals surface area contributed by atoms with Gasteiger partial charge in [-0.2, -0.15) is 5.26 Å². The Bertz CT molecular complexity index is 574. The van der Waals surface area contributed by atoms with Crippen molar-refractivity contribution in [1.29, 1.82) is 5.26 Å². The highest BCUT2D eigenvalue weighted by Gasteiger charge is 2.05. The van der Waals surface area contributed by atoms with Crippen LogP contribution in [-0.2, 0) is 6.54 Å². The van der Waals surface area contributed by atoms with Crippen LogP contribution in [0.2, 0.25) is 5.22 Å². The Hall–Kier alpha value is -1.99. The second-order valence-electron chi connectivity index (χ2n) is 3.36. The van der Waals surface area contributed by atoms with E-state index >= 15 is 0 Å². The van der Waals surface area contributed by atoms with Gasteiger partial charge in [0, 0.05) is 0 Å². The summed E-state index contributed by atoms with van der Waals surface area (Å²) < 4.78 is 18.0. The Balaban J connectivity index is 2.12. The van der Waals surface area contributed by atoms with Gasteiger partial charge in [-0.15, -0.1) is 0 Å². The summed E-state index contributed by atoms with van der Waals surface area (Å²) in [5, 5.41) is 12.1. The molecule has 1 aromatic heterocycles. The third-order valence-corrected chi connectivity index (χ3v) is 2.39. The van der Waals surface area contributed by atoms with E-state index in [1.165, 1.54) is 18.2 Å². The van der Waals surface area contributed by atoms with Crippen LogP contribution in [0.25, 0.3) is 0 Å². The average molecular weight is 251 g/mol. The summed E-state index contributed by atoms with van der Waals surface area (Å²) in [5.41, 5.74) is 0.809. The molecule has 1 N–H and O–H groups in total. The van der Waals surface area contributed by atoms with Gasteiger partial charge in [-0.3, -0.25) is 0 Å². The van der Waals surface area contributed by atoms with Gasteiger partial charge in [0.25, 0.3) is 0 Å². The summed E-state index contributed by atoms with van der Waals surface area (Å²) in [6, 6.07) is 9.26. The van der Waals surface area contributed by atoms with Crippen LogP contribution in [-0.4, -0.2) is 0 Å². The molecule has 0 amide bonds. The van der Waals surface area contributed by atoms with Gasteiger partial charge in [-0.1, -0.05) is 0 Å². The van der Waals surface area contributed by atoms with E-state index < -0.39 is 5.82 Å². The number of anilines is 1. The van der Waals surface area contributed by atoms with E-state index in [-0.39, 0.29) is 5.56 Å². The molecule has 0 aliphatic carbocycles. The molecule has 0 spiro atoms. The standard InChI is InChI=1S/C12H8ClFN2O/c13-12-4-2-10(17-12)7-16-11-3-1-9(14)5-8(11)6-15/h1-5,16H,7H2. The summed E-state index contributed by atoms with van der Waals surface area (Å²) in [4.78, 5) is 0. The van der Waals surface area contributed by atoms with E-state index in [4.69, 9.17) is 21.3 Å². The van der Waals surface area contributed by atoms with E-state index in [2.05, 4.69) is 5.32 Å². The Morgan fingerprint density at radius 1 is 1.35 bits per heavy atom. The number of nitrogens with zero attached hydrogens (tertiary/aromatic N) is 1. The zero-order chi connectivity index (χ0) is 12.3. The Labute approximate surface area is 102 Å². The Morgan fingerprint density at radius 3 is 2.82 bits per heavy atom. The van der Waals surface area contributed by atoms with Crippen molar-refractivity contribution in [3.05, 3.63) is 52.7 Å². The molecule has 2 rings (SSSR count). The van der Waals surface area contributed by atoms with Gasteiger partial charge in [-0.25, -0.2) is 4.39 Å². The lowest BCUT2D eigenvalue weighted by atomic mass is 10.2. The predicted molar refractivity (Wildman–Crippen MR) is 62.2 cm³/mol. The fourth-order valence-electron chi connectivity index (χ4n) is 1.39. The lowest BCUT2D eigenvalue weighted by molar-refractivity contribution is 0.520. The number of halogens is 2. The monoisotopic (exact) mass is 250 g/mol. The molecule has 2 aromatic rings. The summed E-state index contributed by atoms with van der Waals surface area (Å²) in [6.07, 6.45) is 0. The highest BCUT2D eigenvalue weighted by atomic mass is 35.5. The molecule has 3 nitrogen and oxygen atoms in total. The van der Waals surface area contributed by atoms with Crippen LogP contribution in [0, 0.1) is 17.1 Å². The van der Waals surface area contributed by atoms with Gasteiger partial charge in [0.2, 0.25) is 0 Å². The van der Waals surface area contributed by atoms with Gasteiger partial charge in [0.1, 0.15) is 17.6 Å². The third-order valence-electron chi connectivity index (χ3n) is 2.18. The van der Waals surface area contributed by atoms with Crippen molar-refractivity contribution >= 4 is 17.3 Å². The van der Waals surface area contributed by atoms with Crippen LogP contribution in [0.1, 0.15) is 11.3 Å². The molecule has 17 heavy (non-hydrogen) atoms. The quantitative estimate of drug-likeness (QED) is 0.906. The maximum Gasteiger partial charge on any atom is 0.193 e. The molecule has 1 aromatic carbocycles. The van der Waals surface area contributed by atoms with Gasteiger partial charge in [0.15, 0.2) is 5.22 Å². The van der Waals surface area contributed by atoms with Gasteiger partial charge in [0.05, 0.1) is 17.8 Å². The van der Waals surface area contributed by atoms with E-state index in [0.717, 1.165) is 0 Å². The number of hydrogen-bond donors (Lipinski definition) is 1. The number of benzene rings is 1. The van der Waals surface area contributed by atoms with Crippen molar-refractivity contribution in [2.24, 2.45) is 0 Å². The van der Waals surface area contributed by atoms with Crippen LogP contribution in [0.3, 0.4) is 0 Å². The molecule has 0 radical (unpaired) electrons. The van der Waals surface area contributed by atoms with Gasteiger partial charge >= 0.3 is 0 Å². The lowest BCUT2D eigenvalue weighted by Crippen LogP contribution is -2.00. The molecule has 0 atom stereocenters. The van der Waals surface area contributed by atoms with Crippen molar-refractivity contribution in [3.63, 3.8) is 0 Å². The number of nitriles is 1. The minimum atomic E-state index is -0.437. The zero-order valence-corrected chi connectivity index (χ0v) is 9.46. The van der Waals surface area contributed by atoms with E-state index in [1.807, 2.05) is 6.07 Å². The molecule has 1 heterocycles. The molecule has 0 saturated heterocycles. The van der Waals surface area contributed by atoms with E-state index in [0.29, 0.717) is 23.2 Å². The fraction of sp³-hybridized carbons (Fsp3) is 0.0833. The highest BCUT2D eigenvalue weighted by molar-refractivity contribution is 6.28. The highest BCUT2D eigenvalue weighted by Crippen LogP contribution is 2.18. The average Bonchev–Trinajstić information content (AvgIpc) is 2.73. The van der Waals surface area contributed by atoms with E-state index in [9.17, 15) is 4.39 Å². The summed E-state index contributed by atoms with van der Waals surface area (Å²) in [6.45, 7) is 0.382. The van der Waals surface area contributed by atoms with E-state index in [1.54, 1.807) is 12.1 Å². The van der Waals surface area contributed by atoms with Crippen molar-refractivity contribution in [2.45, 2.75) is 6.54 Å². The maximum absolute atomic E-state index is 12.9. The third kappa shape index (κ3) is 2.77. The SMILES string of the molecule is N#Cc1cc(F)ccc1NCc1ccc(Cl)o1. The molecular weight excluding hydrogens is 243 g/mol. The zero-order valence-electron chi connectivity index (χ0n) is 8.71. The molecular formula is C12H8ClFN2O. The first-order valence-corrected chi connectivity index (χ1v) is 5.24. The number of nitrogens with one attached hydrogen (secondary N) is 1. The topological polar surface area (TPSA) is 49.0 Å². The van der Waals surface area contributed by atoms with Gasteiger partial charge in [-0.05, 0) is 41.9 Å². The number of hydrogen-bond acceptors (Lipinski definition) is 3. The van der Waals surface area contributed by atoms with Crippen molar-refractivity contribution in [1.82, 2.24) is 0 Å². The van der Waals surface area contributed by atoms with Crippen LogP contribution in [0.15, 0.2) is 34.7 Å². The smallest absolute Gasteiger partial charge is 0.193 e. The molecule has 0 saturated carbocycles. The second kappa shape index (κ2) is 4.89. The normalized spacial score (nSPS) is 9.94. The molecule has 5 heteroatoms. The molecule has 0 fully saturated rings. The second-order valence-corrected chi connectivity index (χ2v) is 3.73. The van der Waals surface area contributed by atoms with Crippen LogP contribution in [0.5, 0.6) is 0 Å². The predicted octanol–water partition coefficient (Wildman–Crippen LogP) is 3.56. The van der Waals surface area contributed by atoms with Crippen molar-refractivity contribution in [3.8, 4) is 6.07 Å². The molecule has 0 bridgehead atoms. The first-order chi connectivity index (χ1) is 8.19. The van der Waals surface area contributed by atoms with Gasteiger partial charge < -0.3 is 9.73 Å². The van der Waals surface area contributed by atoms with Crippen LogP contribution < -0.4 is 5.32 Å².